The van der Waals surface area contributed by atoms with E-state index in [0.717, 1.165) is 18.4 Å². The average Bonchev–Trinajstić information content (AvgIpc) is 3.43. The topological polar surface area (TPSA) is 105 Å². The molecule has 30 heavy (non-hydrogen) atoms. The van der Waals surface area contributed by atoms with Crippen LogP contribution in [-0.4, -0.2) is 39.6 Å². The monoisotopic (exact) mass is 429 g/mol. The van der Waals surface area contributed by atoms with Gasteiger partial charge in [-0.1, -0.05) is 24.3 Å². The van der Waals surface area contributed by atoms with Crippen molar-refractivity contribution in [3.8, 4) is 0 Å². The molecular formula is C21H23N3O5S. The fourth-order valence-electron chi connectivity index (χ4n) is 3.22. The van der Waals surface area contributed by atoms with Gasteiger partial charge in [0, 0.05) is 12.5 Å². The molecule has 2 aliphatic rings. The number of hydrogen-bond acceptors (Lipinski definition) is 5. The predicted molar refractivity (Wildman–Crippen MR) is 112 cm³/mol. The number of nitrogens with zero attached hydrogens (tertiary/aromatic N) is 1. The number of rotatable bonds is 8. The standard InChI is InChI=1S/C21H23N3O5S/c25-20(22-18-3-1-2-4-19(18)24-13-14-29-21(24)26)12-7-15-5-10-17(11-6-15)30(27,28)23-16-8-9-16/h1-6,10-11,16,23H,7-9,12-14H2,(H,22,25). The zero-order chi connectivity index (χ0) is 21.1. The molecule has 1 saturated heterocycles. The van der Waals surface area contributed by atoms with Gasteiger partial charge in [-0.05, 0) is 49.1 Å². The van der Waals surface area contributed by atoms with E-state index >= 15 is 0 Å². The number of cyclic esters (lactones) is 1. The fourth-order valence-corrected chi connectivity index (χ4v) is 4.53. The summed E-state index contributed by atoms with van der Waals surface area (Å²) in [4.78, 5) is 26.0. The third kappa shape index (κ3) is 4.80. The van der Waals surface area contributed by atoms with Gasteiger partial charge in [0.05, 0.1) is 22.8 Å². The lowest BCUT2D eigenvalue weighted by molar-refractivity contribution is -0.116. The van der Waals surface area contributed by atoms with Crippen LogP contribution < -0.4 is 14.9 Å². The van der Waals surface area contributed by atoms with Crippen molar-refractivity contribution in [2.75, 3.05) is 23.4 Å². The number of amides is 2. The second kappa shape index (κ2) is 8.45. The third-order valence-electron chi connectivity index (χ3n) is 5.00. The number of ether oxygens (including phenoxy) is 1. The first kappa shape index (κ1) is 20.4. The number of carbonyl (C=O) groups excluding carboxylic acids is 2. The summed E-state index contributed by atoms with van der Waals surface area (Å²) in [5, 5.41) is 2.85. The van der Waals surface area contributed by atoms with E-state index in [1.165, 1.54) is 4.90 Å². The highest BCUT2D eigenvalue weighted by Gasteiger charge is 2.28. The number of aryl methyl sites for hydroxylation is 1. The molecule has 2 N–H and O–H groups in total. The molecule has 8 nitrogen and oxygen atoms in total. The van der Waals surface area contributed by atoms with Gasteiger partial charge in [0.25, 0.3) is 0 Å². The summed E-state index contributed by atoms with van der Waals surface area (Å²) in [5.74, 6) is -0.192. The molecule has 0 radical (unpaired) electrons. The molecule has 0 atom stereocenters. The van der Waals surface area contributed by atoms with Gasteiger partial charge in [-0.3, -0.25) is 9.69 Å². The van der Waals surface area contributed by atoms with E-state index in [-0.39, 0.29) is 23.3 Å². The molecule has 1 aliphatic carbocycles. The van der Waals surface area contributed by atoms with Gasteiger partial charge in [-0.15, -0.1) is 0 Å². The summed E-state index contributed by atoms with van der Waals surface area (Å²) in [6.07, 6.45) is 2.03. The smallest absolute Gasteiger partial charge is 0.414 e. The van der Waals surface area contributed by atoms with Gasteiger partial charge in [0.1, 0.15) is 6.61 Å². The van der Waals surface area contributed by atoms with Gasteiger partial charge < -0.3 is 10.1 Å². The van der Waals surface area contributed by atoms with Gasteiger partial charge in [0.2, 0.25) is 15.9 Å². The van der Waals surface area contributed by atoms with Crippen LogP contribution >= 0.6 is 0 Å². The third-order valence-corrected chi connectivity index (χ3v) is 6.54. The first-order valence-corrected chi connectivity index (χ1v) is 11.4. The van der Waals surface area contributed by atoms with Crippen LogP contribution in [0.15, 0.2) is 53.4 Å². The first-order valence-electron chi connectivity index (χ1n) is 9.87. The maximum Gasteiger partial charge on any atom is 0.414 e. The fraction of sp³-hybridized carbons (Fsp3) is 0.333. The van der Waals surface area contributed by atoms with E-state index in [4.69, 9.17) is 4.74 Å². The second-order valence-electron chi connectivity index (χ2n) is 7.37. The Hall–Kier alpha value is -2.91. The Bertz CT molecular complexity index is 1050. The summed E-state index contributed by atoms with van der Waals surface area (Å²) in [6, 6.07) is 13.7. The summed E-state index contributed by atoms with van der Waals surface area (Å²) in [6.45, 7) is 0.763. The highest BCUT2D eigenvalue weighted by atomic mass is 32.2. The SMILES string of the molecule is O=C(CCc1ccc(S(=O)(=O)NC2CC2)cc1)Nc1ccccc1N1CCOC1=O. The lowest BCUT2D eigenvalue weighted by Gasteiger charge is -2.17. The minimum absolute atomic E-state index is 0.0589. The van der Waals surface area contributed by atoms with Crippen molar-refractivity contribution in [3.05, 3.63) is 54.1 Å². The first-order chi connectivity index (χ1) is 14.4. The Balaban J connectivity index is 1.35. The van der Waals surface area contributed by atoms with E-state index in [1.807, 2.05) is 0 Å². The van der Waals surface area contributed by atoms with E-state index in [1.54, 1.807) is 48.5 Å². The largest absolute Gasteiger partial charge is 0.447 e. The van der Waals surface area contributed by atoms with Crippen molar-refractivity contribution in [2.24, 2.45) is 0 Å². The van der Waals surface area contributed by atoms with E-state index in [2.05, 4.69) is 10.0 Å². The molecule has 0 unspecified atom stereocenters. The number of anilines is 2. The lowest BCUT2D eigenvalue weighted by Crippen LogP contribution is -2.25. The minimum atomic E-state index is -3.47. The Morgan fingerprint density at radius 3 is 2.50 bits per heavy atom. The Morgan fingerprint density at radius 1 is 1.10 bits per heavy atom. The van der Waals surface area contributed by atoms with E-state index < -0.39 is 16.1 Å². The van der Waals surface area contributed by atoms with Crippen molar-refractivity contribution in [3.63, 3.8) is 0 Å². The highest BCUT2D eigenvalue weighted by Crippen LogP contribution is 2.28. The molecule has 2 amide bonds. The number of carbonyl (C=O) groups is 2. The average molecular weight is 429 g/mol. The Kier molecular flexibility index (Phi) is 5.74. The molecule has 0 aromatic heterocycles. The van der Waals surface area contributed by atoms with Crippen LogP contribution in [0.1, 0.15) is 24.8 Å². The molecule has 1 aliphatic heterocycles. The van der Waals surface area contributed by atoms with Crippen molar-refractivity contribution in [2.45, 2.75) is 36.6 Å². The van der Waals surface area contributed by atoms with Crippen LogP contribution in [0.2, 0.25) is 0 Å². The number of para-hydroxylation sites is 2. The molecule has 0 bridgehead atoms. The number of sulfonamides is 1. The minimum Gasteiger partial charge on any atom is -0.447 e. The molecule has 9 heteroatoms. The van der Waals surface area contributed by atoms with Crippen LogP contribution in [0.4, 0.5) is 16.2 Å². The molecule has 2 aromatic carbocycles. The van der Waals surface area contributed by atoms with Crippen LogP contribution in [0.3, 0.4) is 0 Å². The molecule has 2 aromatic rings. The molecule has 1 saturated carbocycles. The summed E-state index contributed by atoms with van der Waals surface area (Å²) in [5.41, 5.74) is 2.02. The maximum absolute atomic E-state index is 12.4. The van der Waals surface area contributed by atoms with Crippen molar-refractivity contribution < 1.29 is 22.7 Å². The Morgan fingerprint density at radius 2 is 1.83 bits per heavy atom. The van der Waals surface area contributed by atoms with Gasteiger partial charge in [-0.2, -0.15) is 0 Å². The van der Waals surface area contributed by atoms with Crippen LogP contribution in [0, 0.1) is 0 Å². The van der Waals surface area contributed by atoms with Crippen LogP contribution in [0.25, 0.3) is 0 Å². The normalized spacial score (nSPS) is 16.4. The lowest BCUT2D eigenvalue weighted by atomic mass is 10.1. The molecular weight excluding hydrogens is 406 g/mol. The molecule has 2 fully saturated rings. The van der Waals surface area contributed by atoms with E-state index in [9.17, 15) is 18.0 Å². The van der Waals surface area contributed by atoms with Crippen molar-refractivity contribution in [1.82, 2.24) is 4.72 Å². The van der Waals surface area contributed by atoms with Crippen molar-refractivity contribution in [1.29, 1.82) is 0 Å². The van der Waals surface area contributed by atoms with Crippen molar-refractivity contribution >= 4 is 33.4 Å². The summed E-state index contributed by atoms with van der Waals surface area (Å²) >= 11 is 0. The summed E-state index contributed by atoms with van der Waals surface area (Å²) < 4.78 is 32.0. The maximum atomic E-state index is 12.4. The summed E-state index contributed by atoms with van der Waals surface area (Å²) in [7, 11) is -3.47. The molecule has 158 valence electrons. The number of benzene rings is 2. The van der Waals surface area contributed by atoms with E-state index in [0.29, 0.717) is 30.9 Å². The van der Waals surface area contributed by atoms with Gasteiger partial charge in [0.15, 0.2) is 0 Å². The van der Waals surface area contributed by atoms with Gasteiger partial charge >= 0.3 is 6.09 Å². The predicted octanol–water partition coefficient (Wildman–Crippen LogP) is 2.66. The quantitative estimate of drug-likeness (QED) is 0.671. The number of nitrogens with one attached hydrogen (secondary N) is 2. The van der Waals surface area contributed by atoms with Crippen LogP contribution in [-0.2, 0) is 26.0 Å². The van der Waals surface area contributed by atoms with Gasteiger partial charge in [-0.25, -0.2) is 17.9 Å². The zero-order valence-electron chi connectivity index (χ0n) is 16.3. The zero-order valence-corrected chi connectivity index (χ0v) is 17.2. The number of hydrogen-bond donors (Lipinski definition) is 2. The van der Waals surface area contributed by atoms with Crippen LogP contribution in [0.5, 0.6) is 0 Å². The second-order valence-corrected chi connectivity index (χ2v) is 9.08. The molecule has 1 heterocycles. The molecule has 4 rings (SSSR count). The molecule has 0 spiro atoms. The highest BCUT2D eigenvalue weighted by molar-refractivity contribution is 7.89. The Labute approximate surface area is 175 Å².